The van der Waals surface area contributed by atoms with Gasteiger partial charge in [0.2, 0.25) is 0 Å². The van der Waals surface area contributed by atoms with Gasteiger partial charge in [0.25, 0.3) is 0 Å². The van der Waals surface area contributed by atoms with Crippen molar-refractivity contribution in [3.05, 3.63) is 50.9 Å². The van der Waals surface area contributed by atoms with E-state index in [0.29, 0.717) is 6.04 Å². The topological polar surface area (TPSA) is 29.9 Å². The number of aromatic nitrogens is 2. The summed E-state index contributed by atoms with van der Waals surface area (Å²) in [6, 6.07) is 6.82. The van der Waals surface area contributed by atoms with E-state index >= 15 is 0 Å². The van der Waals surface area contributed by atoms with Crippen LogP contribution in [0.4, 0.5) is 0 Å². The molecule has 0 aliphatic carbocycles. The van der Waals surface area contributed by atoms with Crippen LogP contribution < -0.4 is 5.32 Å². The fourth-order valence-corrected chi connectivity index (χ4v) is 2.86. The van der Waals surface area contributed by atoms with Crippen LogP contribution in [0.25, 0.3) is 0 Å². The average Bonchev–Trinajstić information content (AvgIpc) is 2.76. The van der Waals surface area contributed by atoms with E-state index < -0.39 is 0 Å². The monoisotopic (exact) mass is 355 g/mol. The van der Waals surface area contributed by atoms with Gasteiger partial charge >= 0.3 is 0 Å². The van der Waals surface area contributed by atoms with Gasteiger partial charge in [-0.2, -0.15) is 5.10 Å². The molecule has 0 amide bonds. The van der Waals surface area contributed by atoms with Crippen LogP contribution in [0.5, 0.6) is 0 Å². The summed E-state index contributed by atoms with van der Waals surface area (Å²) in [6.07, 6.45) is 4.98. The molecule has 0 saturated carbocycles. The highest BCUT2D eigenvalue weighted by atomic mass is 127. The molecular weight excluding hydrogens is 337 g/mol. The third-order valence-electron chi connectivity index (χ3n) is 3.14. The van der Waals surface area contributed by atoms with Gasteiger partial charge in [0.15, 0.2) is 0 Å². The highest BCUT2D eigenvalue weighted by Gasteiger charge is 2.14. The molecule has 2 rings (SSSR count). The maximum Gasteiger partial charge on any atom is 0.0522 e. The second-order valence-corrected chi connectivity index (χ2v) is 5.62. The number of rotatable bonds is 4. The van der Waals surface area contributed by atoms with Gasteiger partial charge in [0.05, 0.1) is 6.20 Å². The number of hydrogen-bond donors (Lipinski definition) is 1. The normalized spacial score (nSPS) is 12.7. The number of hydrogen-bond acceptors (Lipinski definition) is 2. The Bertz CT molecular complexity index is 534. The lowest BCUT2D eigenvalue weighted by molar-refractivity contribution is 0.588. The van der Waals surface area contributed by atoms with Gasteiger partial charge in [-0.25, -0.2) is 0 Å². The molecule has 0 aliphatic heterocycles. The van der Waals surface area contributed by atoms with Crippen LogP contribution in [-0.4, -0.2) is 16.8 Å². The minimum atomic E-state index is 0.334. The largest absolute Gasteiger partial charge is 0.313 e. The van der Waals surface area contributed by atoms with Crippen molar-refractivity contribution in [2.24, 2.45) is 7.05 Å². The molecular formula is C14H18IN3. The lowest BCUT2D eigenvalue weighted by atomic mass is 9.99. The summed E-state index contributed by atoms with van der Waals surface area (Å²) in [6.45, 7) is 2.15. The van der Waals surface area contributed by atoms with Crippen LogP contribution in [0.15, 0.2) is 30.6 Å². The van der Waals surface area contributed by atoms with Gasteiger partial charge < -0.3 is 5.32 Å². The molecule has 0 aliphatic rings. The molecule has 0 saturated heterocycles. The van der Waals surface area contributed by atoms with E-state index in [1.54, 1.807) is 0 Å². The Kier molecular flexibility index (Phi) is 4.40. The zero-order valence-corrected chi connectivity index (χ0v) is 13.1. The number of nitrogens with one attached hydrogen (secondary N) is 1. The van der Waals surface area contributed by atoms with Gasteiger partial charge in [-0.3, -0.25) is 4.68 Å². The molecule has 0 spiro atoms. The second kappa shape index (κ2) is 5.84. The van der Waals surface area contributed by atoms with E-state index in [1.165, 1.54) is 20.3 Å². The van der Waals surface area contributed by atoms with Crippen molar-refractivity contribution in [2.45, 2.75) is 19.4 Å². The molecule has 0 bridgehead atoms. The fourth-order valence-electron chi connectivity index (χ4n) is 2.12. The predicted molar refractivity (Wildman–Crippen MR) is 82.6 cm³/mol. The molecule has 1 aromatic carbocycles. The maximum atomic E-state index is 4.22. The summed E-state index contributed by atoms with van der Waals surface area (Å²) >= 11 is 2.43. The zero-order chi connectivity index (χ0) is 13.1. The van der Waals surface area contributed by atoms with Gasteiger partial charge in [-0.1, -0.05) is 18.2 Å². The maximum absolute atomic E-state index is 4.22. The minimum Gasteiger partial charge on any atom is -0.313 e. The first-order valence-electron chi connectivity index (χ1n) is 6.01. The second-order valence-electron chi connectivity index (χ2n) is 4.55. The molecule has 2 aromatic rings. The van der Waals surface area contributed by atoms with Gasteiger partial charge in [-0.15, -0.1) is 0 Å². The first-order valence-corrected chi connectivity index (χ1v) is 7.09. The first kappa shape index (κ1) is 13.5. The van der Waals surface area contributed by atoms with Crippen molar-refractivity contribution in [1.29, 1.82) is 0 Å². The number of nitrogens with zero attached hydrogens (tertiary/aromatic N) is 2. The van der Waals surface area contributed by atoms with Crippen molar-refractivity contribution in [2.75, 3.05) is 7.05 Å². The Morgan fingerprint density at radius 1 is 1.44 bits per heavy atom. The summed E-state index contributed by atoms with van der Waals surface area (Å²) in [7, 11) is 3.97. The Hall–Kier alpha value is -0.880. The number of halogens is 1. The SMILES string of the molecule is CNC(Cc1cnn(C)c1)c1cccc(C)c1I. The number of aryl methyl sites for hydroxylation is 2. The van der Waals surface area contributed by atoms with Crippen LogP contribution in [0.3, 0.4) is 0 Å². The molecule has 1 heterocycles. The van der Waals surface area contributed by atoms with Crippen molar-refractivity contribution in [3.8, 4) is 0 Å². The molecule has 4 heteroatoms. The molecule has 1 atom stereocenters. The quantitative estimate of drug-likeness (QED) is 0.855. The van der Waals surface area contributed by atoms with E-state index in [4.69, 9.17) is 0 Å². The average molecular weight is 355 g/mol. The third kappa shape index (κ3) is 2.92. The summed E-state index contributed by atoms with van der Waals surface area (Å²) in [4.78, 5) is 0. The zero-order valence-electron chi connectivity index (χ0n) is 10.9. The van der Waals surface area contributed by atoms with Crippen molar-refractivity contribution < 1.29 is 0 Å². The summed E-state index contributed by atoms with van der Waals surface area (Å²) in [5.74, 6) is 0. The smallest absolute Gasteiger partial charge is 0.0522 e. The van der Waals surface area contributed by atoms with Crippen LogP contribution in [0, 0.1) is 10.5 Å². The van der Waals surface area contributed by atoms with Crippen molar-refractivity contribution >= 4 is 22.6 Å². The predicted octanol–water partition coefficient (Wildman–Crippen LogP) is 2.84. The highest BCUT2D eigenvalue weighted by molar-refractivity contribution is 14.1. The van der Waals surface area contributed by atoms with E-state index in [2.05, 4.69) is 64.3 Å². The number of benzene rings is 1. The van der Waals surface area contributed by atoms with Gasteiger partial charge in [0, 0.05) is 22.9 Å². The summed E-state index contributed by atoms with van der Waals surface area (Å²) in [5, 5.41) is 7.63. The van der Waals surface area contributed by atoms with Gasteiger partial charge in [0.1, 0.15) is 0 Å². The molecule has 1 aromatic heterocycles. The van der Waals surface area contributed by atoms with E-state index in [9.17, 15) is 0 Å². The first-order chi connectivity index (χ1) is 8.61. The van der Waals surface area contributed by atoms with Crippen LogP contribution >= 0.6 is 22.6 Å². The molecule has 3 nitrogen and oxygen atoms in total. The Balaban J connectivity index is 2.25. The molecule has 0 radical (unpaired) electrons. The van der Waals surface area contributed by atoms with Crippen LogP contribution in [-0.2, 0) is 13.5 Å². The molecule has 18 heavy (non-hydrogen) atoms. The van der Waals surface area contributed by atoms with E-state index in [0.717, 1.165) is 6.42 Å². The van der Waals surface area contributed by atoms with E-state index in [-0.39, 0.29) is 0 Å². The summed E-state index contributed by atoms with van der Waals surface area (Å²) in [5.41, 5.74) is 3.95. The molecule has 1 N–H and O–H groups in total. The van der Waals surface area contributed by atoms with E-state index in [1.807, 2.05) is 25.0 Å². The molecule has 0 fully saturated rings. The van der Waals surface area contributed by atoms with Crippen molar-refractivity contribution in [3.63, 3.8) is 0 Å². The Labute approximate surface area is 122 Å². The number of likely N-dealkylation sites (N-methyl/N-ethyl adjacent to an activating group) is 1. The minimum absolute atomic E-state index is 0.334. The van der Waals surface area contributed by atoms with Crippen LogP contribution in [0.1, 0.15) is 22.7 Å². The third-order valence-corrected chi connectivity index (χ3v) is 4.62. The fraction of sp³-hybridized carbons (Fsp3) is 0.357. The lowest BCUT2D eigenvalue weighted by Crippen LogP contribution is -2.20. The lowest BCUT2D eigenvalue weighted by Gasteiger charge is -2.18. The standard InChI is InChI=1S/C14H18IN3/c1-10-5-4-6-12(14(10)15)13(16-2)7-11-8-17-18(3)9-11/h4-6,8-9,13,16H,7H2,1-3H3. The highest BCUT2D eigenvalue weighted by Crippen LogP contribution is 2.25. The Morgan fingerprint density at radius 3 is 2.83 bits per heavy atom. The molecule has 96 valence electrons. The van der Waals surface area contributed by atoms with Crippen molar-refractivity contribution in [1.82, 2.24) is 15.1 Å². The Morgan fingerprint density at radius 2 is 2.22 bits per heavy atom. The summed E-state index contributed by atoms with van der Waals surface area (Å²) < 4.78 is 3.20. The van der Waals surface area contributed by atoms with Gasteiger partial charge in [-0.05, 0) is 59.7 Å². The van der Waals surface area contributed by atoms with Crippen LogP contribution in [0.2, 0.25) is 0 Å². The molecule has 1 unspecified atom stereocenters.